The van der Waals surface area contributed by atoms with Crippen molar-refractivity contribution in [3.8, 4) is 5.75 Å². The zero-order valence-corrected chi connectivity index (χ0v) is 16.7. The van der Waals surface area contributed by atoms with E-state index in [0.29, 0.717) is 21.2 Å². The van der Waals surface area contributed by atoms with Crippen molar-refractivity contribution < 1.29 is 24.2 Å². The number of aromatic carboxylic acids is 1. The summed E-state index contributed by atoms with van der Waals surface area (Å²) in [5, 5.41) is 12.0. The number of nitrogens with one attached hydrogen (secondary N) is 1. The van der Waals surface area contributed by atoms with Gasteiger partial charge in [-0.25, -0.2) is 4.79 Å². The number of carboxylic acids is 1. The van der Waals surface area contributed by atoms with E-state index in [1.165, 1.54) is 19.1 Å². The molecule has 1 aliphatic heterocycles. The summed E-state index contributed by atoms with van der Waals surface area (Å²) in [4.78, 5) is 38.0. The number of halogens is 1. The predicted octanol–water partition coefficient (Wildman–Crippen LogP) is 3.72. The summed E-state index contributed by atoms with van der Waals surface area (Å²) >= 11 is 7.35. The summed E-state index contributed by atoms with van der Waals surface area (Å²) in [5.41, 5.74) is 1.69. The molecule has 9 heteroatoms. The van der Waals surface area contributed by atoms with Gasteiger partial charge in [-0.1, -0.05) is 29.8 Å². The van der Waals surface area contributed by atoms with Crippen LogP contribution < -0.4 is 10.1 Å². The number of carboxylic acid groups (broad SMARTS) is 1. The highest BCUT2D eigenvalue weighted by Gasteiger charge is 2.22. The quantitative estimate of drug-likeness (QED) is 0.700. The van der Waals surface area contributed by atoms with Gasteiger partial charge in [-0.05, 0) is 53.2 Å². The van der Waals surface area contributed by atoms with E-state index in [1.54, 1.807) is 36.4 Å². The molecule has 0 aromatic heterocycles. The first-order valence-electron chi connectivity index (χ1n) is 8.36. The lowest BCUT2D eigenvalue weighted by Crippen LogP contribution is -2.23. The number of thioether (sulfide) groups is 1. The van der Waals surface area contributed by atoms with E-state index in [9.17, 15) is 14.4 Å². The molecule has 2 aromatic rings. The molecule has 3 rings (SSSR count). The molecule has 0 fully saturated rings. The molecule has 1 heterocycles. The number of carbonyl (C=O) groups is 3. The van der Waals surface area contributed by atoms with Gasteiger partial charge < -0.3 is 15.2 Å². The number of ether oxygens (including phenoxy) is 1. The van der Waals surface area contributed by atoms with Crippen LogP contribution in [0.4, 0.5) is 0 Å². The first-order valence-corrected chi connectivity index (χ1v) is 9.56. The maximum atomic E-state index is 11.9. The normalized spacial score (nSPS) is 14.6. The van der Waals surface area contributed by atoms with Gasteiger partial charge in [-0.2, -0.15) is 4.99 Å². The van der Waals surface area contributed by atoms with Gasteiger partial charge in [-0.15, -0.1) is 0 Å². The van der Waals surface area contributed by atoms with Crippen molar-refractivity contribution in [1.82, 2.24) is 5.32 Å². The van der Waals surface area contributed by atoms with Crippen LogP contribution in [0.2, 0.25) is 5.02 Å². The number of rotatable bonds is 5. The van der Waals surface area contributed by atoms with Crippen molar-refractivity contribution in [1.29, 1.82) is 0 Å². The lowest BCUT2D eigenvalue weighted by Gasteiger charge is -2.09. The van der Waals surface area contributed by atoms with E-state index in [1.807, 2.05) is 0 Å². The smallest absolute Gasteiger partial charge is 0.335 e. The van der Waals surface area contributed by atoms with Crippen molar-refractivity contribution in [3.05, 3.63) is 69.1 Å². The number of hydrogen-bond acceptors (Lipinski definition) is 5. The minimum absolute atomic E-state index is 0.203. The Labute approximate surface area is 175 Å². The van der Waals surface area contributed by atoms with Gasteiger partial charge in [0.05, 0.1) is 15.5 Å². The number of amides is 2. The lowest BCUT2D eigenvalue weighted by atomic mass is 10.1. The lowest BCUT2D eigenvalue weighted by molar-refractivity contribution is -0.117. The Hall–Kier alpha value is -3.10. The van der Waals surface area contributed by atoms with Crippen molar-refractivity contribution in [2.75, 3.05) is 0 Å². The number of amidine groups is 1. The van der Waals surface area contributed by atoms with E-state index >= 15 is 0 Å². The first-order chi connectivity index (χ1) is 13.8. The topological polar surface area (TPSA) is 105 Å². The van der Waals surface area contributed by atoms with E-state index in [0.717, 1.165) is 17.3 Å². The Balaban J connectivity index is 1.65. The number of carbonyl (C=O) groups excluding carboxylic acids is 2. The van der Waals surface area contributed by atoms with Gasteiger partial charge in [0.25, 0.3) is 5.91 Å². The monoisotopic (exact) mass is 430 g/mol. The van der Waals surface area contributed by atoms with Crippen LogP contribution in [0.5, 0.6) is 5.75 Å². The molecule has 0 bridgehead atoms. The largest absolute Gasteiger partial charge is 0.487 e. The SMILES string of the molecule is CC(=O)NC1=NC(=O)/C(=C\c2ccc(OCc3ccc(C(=O)O)cc3)c(Cl)c2)S1. The standard InChI is InChI=1S/C20H15ClN2O5S/c1-11(24)22-20-23-18(25)17(29-20)9-13-4-7-16(15(21)8-13)28-10-12-2-5-14(6-3-12)19(26)27/h2-9H,10H2,1H3,(H,26,27)(H,22,23,24,25)/b17-9+. The fourth-order valence-corrected chi connectivity index (χ4v) is 3.50. The molecule has 7 nitrogen and oxygen atoms in total. The highest BCUT2D eigenvalue weighted by atomic mass is 35.5. The van der Waals surface area contributed by atoms with Crippen molar-refractivity contribution in [3.63, 3.8) is 0 Å². The highest BCUT2D eigenvalue weighted by Crippen LogP contribution is 2.31. The average molecular weight is 431 g/mol. The minimum atomic E-state index is -0.987. The zero-order chi connectivity index (χ0) is 21.0. The van der Waals surface area contributed by atoms with Crippen LogP contribution in [0.25, 0.3) is 6.08 Å². The number of nitrogens with zero attached hydrogens (tertiary/aromatic N) is 1. The molecule has 0 saturated heterocycles. The van der Waals surface area contributed by atoms with E-state index < -0.39 is 11.9 Å². The summed E-state index contributed by atoms with van der Waals surface area (Å²) < 4.78 is 5.69. The summed E-state index contributed by atoms with van der Waals surface area (Å²) in [5.74, 6) is -1.26. The van der Waals surface area contributed by atoms with Crippen LogP contribution in [0.1, 0.15) is 28.4 Å². The first kappa shape index (κ1) is 20.6. The van der Waals surface area contributed by atoms with Gasteiger partial charge >= 0.3 is 5.97 Å². The average Bonchev–Trinajstić information content (AvgIpc) is 2.99. The minimum Gasteiger partial charge on any atom is -0.487 e. The van der Waals surface area contributed by atoms with Crippen LogP contribution in [0.15, 0.2) is 52.4 Å². The second-order valence-electron chi connectivity index (χ2n) is 5.99. The third-order valence-corrected chi connectivity index (χ3v) is 4.95. The summed E-state index contributed by atoms with van der Waals surface area (Å²) in [6, 6.07) is 11.4. The van der Waals surface area contributed by atoms with Gasteiger partial charge in [-0.3, -0.25) is 9.59 Å². The molecule has 0 aliphatic carbocycles. The van der Waals surface area contributed by atoms with E-state index in [-0.39, 0.29) is 23.2 Å². The molecular weight excluding hydrogens is 416 g/mol. The molecule has 29 heavy (non-hydrogen) atoms. The Morgan fingerprint density at radius 2 is 1.97 bits per heavy atom. The third-order valence-electron chi connectivity index (χ3n) is 3.75. The van der Waals surface area contributed by atoms with Crippen molar-refractivity contribution in [2.45, 2.75) is 13.5 Å². The Kier molecular flexibility index (Phi) is 6.36. The fourth-order valence-electron chi connectivity index (χ4n) is 2.39. The van der Waals surface area contributed by atoms with E-state index in [2.05, 4.69) is 10.3 Å². The van der Waals surface area contributed by atoms with Gasteiger partial charge in [0.2, 0.25) is 5.91 Å². The summed E-state index contributed by atoms with van der Waals surface area (Å²) in [7, 11) is 0. The molecule has 0 radical (unpaired) electrons. The Bertz CT molecular complexity index is 1050. The van der Waals surface area contributed by atoms with Crippen molar-refractivity contribution in [2.24, 2.45) is 4.99 Å². The van der Waals surface area contributed by atoms with Crippen LogP contribution in [-0.4, -0.2) is 28.1 Å². The molecule has 2 N–H and O–H groups in total. The van der Waals surface area contributed by atoms with Crippen LogP contribution in [0.3, 0.4) is 0 Å². The summed E-state index contributed by atoms with van der Waals surface area (Å²) in [6.07, 6.45) is 1.63. The number of aliphatic imine (C=N–C) groups is 1. The molecule has 0 unspecified atom stereocenters. The van der Waals surface area contributed by atoms with E-state index in [4.69, 9.17) is 21.4 Å². The van der Waals surface area contributed by atoms with Gasteiger partial charge in [0.15, 0.2) is 5.17 Å². The molecule has 1 aliphatic rings. The molecule has 0 saturated carbocycles. The second-order valence-corrected chi connectivity index (χ2v) is 7.43. The third kappa shape index (κ3) is 5.46. The van der Waals surface area contributed by atoms with Crippen LogP contribution in [-0.2, 0) is 16.2 Å². The molecule has 2 aromatic carbocycles. The molecule has 2 amide bonds. The predicted molar refractivity (Wildman–Crippen MR) is 111 cm³/mol. The molecular formula is C20H15ClN2O5S. The highest BCUT2D eigenvalue weighted by molar-refractivity contribution is 8.18. The Morgan fingerprint density at radius 3 is 2.59 bits per heavy atom. The molecule has 0 spiro atoms. The van der Waals surface area contributed by atoms with Gasteiger partial charge in [0.1, 0.15) is 12.4 Å². The zero-order valence-electron chi connectivity index (χ0n) is 15.1. The summed E-state index contributed by atoms with van der Waals surface area (Å²) in [6.45, 7) is 1.57. The fraction of sp³-hybridized carbons (Fsp3) is 0.100. The van der Waals surface area contributed by atoms with Crippen LogP contribution >= 0.6 is 23.4 Å². The van der Waals surface area contributed by atoms with Gasteiger partial charge in [0, 0.05) is 6.92 Å². The number of hydrogen-bond donors (Lipinski definition) is 2. The Morgan fingerprint density at radius 1 is 1.24 bits per heavy atom. The van der Waals surface area contributed by atoms with Crippen LogP contribution in [0, 0.1) is 0 Å². The second kappa shape index (κ2) is 8.93. The maximum Gasteiger partial charge on any atom is 0.335 e. The maximum absolute atomic E-state index is 11.9. The number of benzene rings is 2. The molecule has 148 valence electrons. The molecule has 0 atom stereocenters. The van der Waals surface area contributed by atoms with Crippen molar-refractivity contribution >= 4 is 52.4 Å².